The van der Waals surface area contributed by atoms with Gasteiger partial charge in [-0.1, -0.05) is 20.8 Å². The third kappa shape index (κ3) is 2.93. The molecule has 3 aromatic rings. The van der Waals surface area contributed by atoms with Gasteiger partial charge in [0, 0.05) is 35.2 Å². The lowest BCUT2D eigenvalue weighted by molar-refractivity contribution is -0.385. The Kier molecular flexibility index (Phi) is 4.85. The Morgan fingerprint density at radius 1 is 0.833 bits per heavy atom. The lowest BCUT2D eigenvalue weighted by Gasteiger charge is -2.39. The van der Waals surface area contributed by atoms with Crippen LogP contribution >= 0.6 is 0 Å². The van der Waals surface area contributed by atoms with Crippen molar-refractivity contribution in [3.05, 3.63) is 79.6 Å². The average Bonchev–Trinajstić information content (AvgIpc) is 3.15. The van der Waals surface area contributed by atoms with Crippen molar-refractivity contribution in [1.82, 2.24) is 20.8 Å². The number of benzene rings is 2. The molecule has 1 heterocycles. The molecule has 2 bridgehead atoms. The van der Waals surface area contributed by atoms with Crippen LogP contribution in [0.2, 0.25) is 0 Å². The summed E-state index contributed by atoms with van der Waals surface area (Å²) >= 11 is 0. The van der Waals surface area contributed by atoms with Gasteiger partial charge in [0.15, 0.2) is 0 Å². The van der Waals surface area contributed by atoms with Crippen LogP contribution in [-0.2, 0) is 15.6 Å². The van der Waals surface area contributed by atoms with E-state index in [2.05, 4.69) is 10.9 Å². The van der Waals surface area contributed by atoms with Gasteiger partial charge in [0.1, 0.15) is 5.41 Å². The summed E-state index contributed by atoms with van der Waals surface area (Å²) in [4.78, 5) is 56.9. The third-order valence-corrected chi connectivity index (χ3v) is 8.25. The molecule has 2 atom stereocenters. The summed E-state index contributed by atoms with van der Waals surface area (Å²) in [7, 11) is 0. The predicted octanol–water partition coefficient (Wildman–Crippen LogP) is 3.24. The van der Waals surface area contributed by atoms with Crippen LogP contribution in [0.15, 0.2) is 42.5 Å². The number of carbonyl (C=O) groups is 2. The number of nitrogens with one attached hydrogen (secondary N) is 2. The SMILES string of the molecule is CC12CCC(C(=O)NNC(=O)c3ccc([N+](=O)[O-])cc3)(c3nc4cc([N+](=O)[O-])ccc4nc31)C2(C)C. The monoisotopic (exact) mass is 490 g/mol. The van der Waals surface area contributed by atoms with E-state index in [4.69, 9.17) is 9.97 Å². The number of hydrazine groups is 1. The molecule has 5 rings (SSSR count). The van der Waals surface area contributed by atoms with Crippen LogP contribution < -0.4 is 10.9 Å². The van der Waals surface area contributed by atoms with Gasteiger partial charge >= 0.3 is 0 Å². The Hall–Kier alpha value is -4.48. The van der Waals surface area contributed by atoms with Gasteiger partial charge in [-0.15, -0.1) is 0 Å². The Morgan fingerprint density at radius 3 is 2.08 bits per heavy atom. The highest BCUT2D eigenvalue weighted by Crippen LogP contribution is 2.70. The van der Waals surface area contributed by atoms with Crippen LogP contribution in [0.1, 0.15) is 55.4 Å². The maximum Gasteiger partial charge on any atom is 0.271 e. The molecule has 2 unspecified atom stereocenters. The van der Waals surface area contributed by atoms with E-state index < -0.39 is 37.9 Å². The van der Waals surface area contributed by atoms with Gasteiger partial charge in [-0.25, -0.2) is 9.97 Å². The molecule has 2 aromatic carbocycles. The van der Waals surface area contributed by atoms with E-state index >= 15 is 0 Å². The topological polar surface area (TPSA) is 170 Å². The highest BCUT2D eigenvalue weighted by molar-refractivity contribution is 5.98. The predicted molar refractivity (Wildman–Crippen MR) is 127 cm³/mol. The smallest absolute Gasteiger partial charge is 0.271 e. The van der Waals surface area contributed by atoms with E-state index in [1.165, 1.54) is 36.4 Å². The summed E-state index contributed by atoms with van der Waals surface area (Å²) < 4.78 is 0. The number of carbonyl (C=O) groups excluding carboxylic acids is 2. The maximum atomic E-state index is 13.7. The number of hydrogen-bond donors (Lipinski definition) is 2. The fraction of sp³-hybridized carbons (Fsp3) is 0.333. The number of fused-ring (bicyclic) bond motifs is 6. The Balaban J connectivity index is 1.50. The second-order valence-corrected chi connectivity index (χ2v) is 9.93. The van der Waals surface area contributed by atoms with Gasteiger partial charge in [-0.2, -0.15) is 0 Å². The van der Waals surface area contributed by atoms with E-state index in [0.717, 1.165) is 0 Å². The number of nitro groups is 2. The van der Waals surface area contributed by atoms with Crippen molar-refractivity contribution >= 4 is 34.2 Å². The average molecular weight is 490 g/mol. The number of non-ortho nitro benzene ring substituents is 2. The second-order valence-electron chi connectivity index (χ2n) is 9.93. The molecule has 36 heavy (non-hydrogen) atoms. The van der Waals surface area contributed by atoms with Gasteiger partial charge in [0.25, 0.3) is 23.2 Å². The number of rotatable bonds is 4. The zero-order valence-corrected chi connectivity index (χ0v) is 19.7. The molecule has 1 saturated carbocycles. The van der Waals surface area contributed by atoms with Crippen molar-refractivity contribution in [2.45, 2.75) is 44.4 Å². The van der Waals surface area contributed by atoms with Crippen molar-refractivity contribution in [3.63, 3.8) is 0 Å². The van der Waals surface area contributed by atoms with Crippen LogP contribution in [0, 0.1) is 25.6 Å². The molecule has 1 aromatic heterocycles. The van der Waals surface area contributed by atoms with Crippen molar-refractivity contribution in [3.8, 4) is 0 Å². The molecule has 12 heteroatoms. The fourth-order valence-electron chi connectivity index (χ4n) is 5.73. The molecular weight excluding hydrogens is 468 g/mol. The summed E-state index contributed by atoms with van der Waals surface area (Å²) in [6, 6.07) is 9.27. The molecule has 0 spiro atoms. The zero-order chi connectivity index (χ0) is 26.0. The highest BCUT2D eigenvalue weighted by Gasteiger charge is 2.73. The third-order valence-electron chi connectivity index (χ3n) is 8.25. The Bertz CT molecular complexity index is 1490. The van der Waals surface area contributed by atoms with E-state index in [1.54, 1.807) is 6.07 Å². The molecule has 1 fully saturated rings. The summed E-state index contributed by atoms with van der Waals surface area (Å²) in [5.41, 5.74) is 4.48. The van der Waals surface area contributed by atoms with Crippen LogP contribution in [-0.4, -0.2) is 31.6 Å². The summed E-state index contributed by atoms with van der Waals surface area (Å²) in [6.45, 7) is 5.97. The van der Waals surface area contributed by atoms with Gasteiger partial charge in [0.05, 0.1) is 32.3 Å². The van der Waals surface area contributed by atoms with Gasteiger partial charge in [0.2, 0.25) is 0 Å². The number of amides is 2. The van der Waals surface area contributed by atoms with Crippen LogP contribution in [0.4, 0.5) is 11.4 Å². The standard InChI is InChI=1S/C24H22N6O6/c1-22(2)23(3)10-11-24(22,19-18(23)25-16-9-8-15(30(35)36)12-17(16)26-19)21(32)28-27-20(31)13-4-6-14(7-5-13)29(33)34/h4-9,12H,10-11H2,1-3H3,(H,27,31)(H,28,32). The highest BCUT2D eigenvalue weighted by atomic mass is 16.6. The first-order chi connectivity index (χ1) is 16.9. The quantitative estimate of drug-likeness (QED) is 0.414. The van der Waals surface area contributed by atoms with Gasteiger partial charge in [-0.3, -0.25) is 40.7 Å². The summed E-state index contributed by atoms with van der Waals surface area (Å²) in [6.07, 6.45) is 1.13. The normalized spacial score (nSPS) is 23.2. The molecule has 0 aliphatic heterocycles. The molecule has 0 radical (unpaired) electrons. The van der Waals surface area contributed by atoms with Gasteiger partial charge in [-0.05, 0) is 36.5 Å². The number of aromatic nitrogens is 2. The minimum Gasteiger partial charge on any atom is -0.272 e. The molecule has 12 nitrogen and oxygen atoms in total. The first-order valence-electron chi connectivity index (χ1n) is 11.2. The van der Waals surface area contributed by atoms with Crippen LogP contribution in [0.3, 0.4) is 0 Å². The fourth-order valence-corrected chi connectivity index (χ4v) is 5.73. The second kappa shape index (κ2) is 7.51. The molecule has 2 amide bonds. The van der Waals surface area contributed by atoms with Crippen molar-refractivity contribution < 1.29 is 19.4 Å². The molecular formula is C24H22N6O6. The first-order valence-corrected chi connectivity index (χ1v) is 11.2. The number of hydrogen-bond acceptors (Lipinski definition) is 8. The Labute approximate surface area is 204 Å². The molecule has 0 saturated heterocycles. The van der Waals surface area contributed by atoms with Crippen molar-refractivity contribution in [2.24, 2.45) is 5.41 Å². The lowest BCUT2D eigenvalue weighted by Crippen LogP contribution is -2.55. The minimum atomic E-state index is -1.13. The lowest BCUT2D eigenvalue weighted by atomic mass is 9.63. The molecule has 2 N–H and O–H groups in total. The van der Waals surface area contributed by atoms with Crippen LogP contribution in [0.25, 0.3) is 11.0 Å². The molecule has 184 valence electrons. The number of nitrogens with zero attached hydrogens (tertiary/aromatic N) is 4. The molecule has 2 aliphatic rings. The molecule has 2 aliphatic carbocycles. The van der Waals surface area contributed by atoms with Crippen molar-refractivity contribution in [1.29, 1.82) is 0 Å². The zero-order valence-electron chi connectivity index (χ0n) is 19.7. The van der Waals surface area contributed by atoms with E-state index in [0.29, 0.717) is 35.3 Å². The number of nitro benzene ring substituents is 2. The van der Waals surface area contributed by atoms with E-state index in [-0.39, 0.29) is 16.9 Å². The maximum absolute atomic E-state index is 13.7. The van der Waals surface area contributed by atoms with Gasteiger partial charge < -0.3 is 0 Å². The largest absolute Gasteiger partial charge is 0.272 e. The van der Waals surface area contributed by atoms with Crippen molar-refractivity contribution in [2.75, 3.05) is 0 Å². The summed E-state index contributed by atoms with van der Waals surface area (Å²) in [5.74, 6) is -1.10. The van der Waals surface area contributed by atoms with E-state index in [1.807, 2.05) is 20.8 Å². The van der Waals surface area contributed by atoms with Crippen LogP contribution in [0.5, 0.6) is 0 Å². The minimum absolute atomic E-state index is 0.126. The Morgan fingerprint density at radius 2 is 1.44 bits per heavy atom. The van der Waals surface area contributed by atoms with E-state index in [9.17, 15) is 29.8 Å². The first kappa shape index (κ1) is 23.3. The summed E-state index contributed by atoms with van der Waals surface area (Å²) in [5, 5.41) is 22.1.